The normalized spacial score (nSPS) is 12.5. The molecule has 0 saturated carbocycles. The summed E-state index contributed by atoms with van der Waals surface area (Å²) in [4.78, 5) is 8.86. The number of hydrogen-bond donors (Lipinski definition) is 1. The van der Waals surface area contributed by atoms with Crippen molar-refractivity contribution in [2.75, 3.05) is 7.05 Å². The number of para-hydroxylation sites is 1. The molecule has 2 heterocycles. The van der Waals surface area contributed by atoms with E-state index in [0.717, 1.165) is 22.2 Å². The van der Waals surface area contributed by atoms with Gasteiger partial charge in [0.25, 0.3) is 0 Å². The Bertz CT molecular complexity index is 784. The van der Waals surface area contributed by atoms with Gasteiger partial charge in [0.2, 0.25) is 0 Å². The van der Waals surface area contributed by atoms with Gasteiger partial charge in [-0.2, -0.15) is 0 Å². The molecule has 0 aliphatic rings. The van der Waals surface area contributed by atoms with E-state index in [1.807, 2.05) is 37.4 Å². The van der Waals surface area contributed by atoms with Crippen LogP contribution in [0.25, 0.3) is 10.9 Å². The van der Waals surface area contributed by atoms with Crippen molar-refractivity contribution in [2.45, 2.75) is 6.04 Å². The van der Waals surface area contributed by atoms with Gasteiger partial charge in [0.05, 0.1) is 27.3 Å². The summed E-state index contributed by atoms with van der Waals surface area (Å²) < 4.78 is 0. The average molecular weight is 318 g/mol. The van der Waals surface area contributed by atoms with Gasteiger partial charge in [0, 0.05) is 23.3 Å². The fourth-order valence-corrected chi connectivity index (χ4v) is 2.93. The van der Waals surface area contributed by atoms with E-state index < -0.39 is 0 Å². The van der Waals surface area contributed by atoms with E-state index in [0.29, 0.717) is 10.0 Å². The Morgan fingerprint density at radius 2 is 1.90 bits per heavy atom. The summed E-state index contributed by atoms with van der Waals surface area (Å²) in [6.45, 7) is 0. The molecule has 0 radical (unpaired) electrons. The van der Waals surface area contributed by atoms with Crippen LogP contribution in [0.3, 0.4) is 0 Å². The number of benzene rings is 1. The van der Waals surface area contributed by atoms with Gasteiger partial charge < -0.3 is 5.32 Å². The van der Waals surface area contributed by atoms with Crippen LogP contribution in [0, 0.1) is 0 Å². The second-order valence-corrected chi connectivity index (χ2v) is 5.51. The lowest BCUT2D eigenvalue weighted by Gasteiger charge is -2.19. The van der Waals surface area contributed by atoms with Crippen molar-refractivity contribution >= 4 is 34.1 Å². The molecule has 0 aliphatic heterocycles. The summed E-state index contributed by atoms with van der Waals surface area (Å²) in [5.74, 6) is 0. The third-order valence-electron chi connectivity index (χ3n) is 3.37. The lowest BCUT2D eigenvalue weighted by atomic mass is 10.00. The van der Waals surface area contributed by atoms with Crippen LogP contribution >= 0.6 is 23.2 Å². The molecule has 1 unspecified atom stereocenters. The molecule has 3 nitrogen and oxygen atoms in total. The predicted molar refractivity (Wildman–Crippen MR) is 86.9 cm³/mol. The van der Waals surface area contributed by atoms with Gasteiger partial charge in [-0.15, -0.1) is 0 Å². The van der Waals surface area contributed by atoms with Crippen molar-refractivity contribution in [1.82, 2.24) is 15.3 Å². The van der Waals surface area contributed by atoms with Crippen LogP contribution in [0.2, 0.25) is 10.0 Å². The molecule has 0 bridgehead atoms. The highest BCUT2D eigenvalue weighted by Gasteiger charge is 2.19. The molecule has 0 saturated heterocycles. The minimum absolute atomic E-state index is 0.145. The maximum Gasteiger partial charge on any atom is 0.0806 e. The second kappa shape index (κ2) is 5.98. The van der Waals surface area contributed by atoms with Crippen LogP contribution in [-0.2, 0) is 0 Å². The number of nitrogens with one attached hydrogen (secondary N) is 1. The number of nitrogens with zero attached hydrogens (tertiary/aromatic N) is 2. The fourth-order valence-electron chi connectivity index (χ4n) is 2.44. The number of hydrogen-bond acceptors (Lipinski definition) is 3. The molecular weight excluding hydrogens is 305 g/mol. The van der Waals surface area contributed by atoms with E-state index in [-0.39, 0.29) is 6.04 Å². The smallest absolute Gasteiger partial charge is 0.0806 e. The Hall–Kier alpha value is -1.68. The molecule has 1 N–H and O–H groups in total. The molecule has 0 amide bonds. The molecule has 0 aliphatic carbocycles. The zero-order chi connectivity index (χ0) is 14.8. The minimum Gasteiger partial charge on any atom is -0.308 e. The van der Waals surface area contributed by atoms with Gasteiger partial charge in [-0.3, -0.25) is 9.97 Å². The molecule has 2 aromatic heterocycles. The zero-order valence-electron chi connectivity index (χ0n) is 11.3. The topological polar surface area (TPSA) is 37.8 Å². The van der Waals surface area contributed by atoms with Crippen molar-refractivity contribution < 1.29 is 0 Å². The number of aromatic nitrogens is 2. The lowest BCUT2D eigenvalue weighted by molar-refractivity contribution is 0.675. The summed E-state index contributed by atoms with van der Waals surface area (Å²) in [5.41, 5.74) is 2.71. The highest BCUT2D eigenvalue weighted by atomic mass is 35.5. The highest BCUT2D eigenvalue weighted by Crippen LogP contribution is 2.31. The standard InChI is InChI=1S/C16H13Cl2N3/c1-19-15(16-13(18)8-11(17)9-21-16)12-6-2-4-10-5-3-7-20-14(10)12/h2-9,15,19H,1H3. The fraction of sp³-hybridized carbons (Fsp3) is 0.125. The summed E-state index contributed by atoms with van der Waals surface area (Å²) in [6, 6.07) is 11.6. The Morgan fingerprint density at radius 3 is 2.67 bits per heavy atom. The Kier molecular flexibility index (Phi) is 4.06. The monoisotopic (exact) mass is 317 g/mol. The van der Waals surface area contributed by atoms with E-state index >= 15 is 0 Å². The van der Waals surface area contributed by atoms with Crippen LogP contribution in [0.5, 0.6) is 0 Å². The second-order valence-electron chi connectivity index (χ2n) is 4.66. The van der Waals surface area contributed by atoms with Gasteiger partial charge in [-0.25, -0.2) is 0 Å². The molecule has 0 spiro atoms. The molecular formula is C16H13Cl2N3. The van der Waals surface area contributed by atoms with Crippen LogP contribution < -0.4 is 5.32 Å². The lowest BCUT2D eigenvalue weighted by Crippen LogP contribution is -2.20. The van der Waals surface area contributed by atoms with Gasteiger partial charge in [-0.05, 0) is 19.2 Å². The maximum atomic E-state index is 6.30. The highest BCUT2D eigenvalue weighted by molar-refractivity contribution is 6.34. The maximum absolute atomic E-state index is 6.30. The van der Waals surface area contributed by atoms with Gasteiger partial charge in [0.15, 0.2) is 0 Å². The third-order valence-corrected chi connectivity index (χ3v) is 3.88. The number of fused-ring (bicyclic) bond motifs is 1. The Labute approximate surface area is 132 Å². The first kappa shape index (κ1) is 14.3. The molecule has 106 valence electrons. The quantitative estimate of drug-likeness (QED) is 0.785. The first-order chi connectivity index (χ1) is 10.2. The van der Waals surface area contributed by atoms with Crippen LogP contribution in [0.1, 0.15) is 17.3 Å². The van der Waals surface area contributed by atoms with Gasteiger partial charge >= 0.3 is 0 Å². The molecule has 1 aromatic carbocycles. The number of rotatable bonds is 3. The van der Waals surface area contributed by atoms with E-state index in [1.54, 1.807) is 18.5 Å². The Balaban J connectivity index is 2.18. The first-order valence-electron chi connectivity index (χ1n) is 6.52. The molecule has 21 heavy (non-hydrogen) atoms. The van der Waals surface area contributed by atoms with Crippen molar-refractivity contribution in [1.29, 1.82) is 0 Å². The third kappa shape index (κ3) is 2.72. The molecule has 0 fully saturated rings. The minimum atomic E-state index is -0.145. The molecule has 5 heteroatoms. The van der Waals surface area contributed by atoms with Crippen LogP contribution in [0.15, 0.2) is 48.8 Å². The van der Waals surface area contributed by atoms with Crippen molar-refractivity contribution in [3.63, 3.8) is 0 Å². The Morgan fingerprint density at radius 1 is 1.10 bits per heavy atom. The van der Waals surface area contributed by atoms with Crippen molar-refractivity contribution in [3.8, 4) is 0 Å². The summed E-state index contributed by atoms with van der Waals surface area (Å²) in [6.07, 6.45) is 3.39. The molecule has 1 atom stereocenters. The zero-order valence-corrected chi connectivity index (χ0v) is 12.9. The largest absolute Gasteiger partial charge is 0.308 e. The first-order valence-corrected chi connectivity index (χ1v) is 7.28. The van der Waals surface area contributed by atoms with Crippen LogP contribution in [-0.4, -0.2) is 17.0 Å². The summed E-state index contributed by atoms with van der Waals surface area (Å²) >= 11 is 12.2. The van der Waals surface area contributed by atoms with Gasteiger partial charge in [0.1, 0.15) is 0 Å². The van der Waals surface area contributed by atoms with Crippen molar-refractivity contribution in [2.24, 2.45) is 0 Å². The SMILES string of the molecule is CNC(c1ncc(Cl)cc1Cl)c1cccc2cccnc12. The van der Waals surface area contributed by atoms with E-state index in [2.05, 4.69) is 15.3 Å². The van der Waals surface area contributed by atoms with E-state index in [4.69, 9.17) is 23.2 Å². The predicted octanol–water partition coefficient (Wildman–Crippen LogP) is 4.25. The molecule has 3 aromatic rings. The number of halogens is 2. The van der Waals surface area contributed by atoms with E-state index in [1.165, 1.54) is 0 Å². The number of pyridine rings is 2. The van der Waals surface area contributed by atoms with Crippen LogP contribution in [0.4, 0.5) is 0 Å². The van der Waals surface area contributed by atoms with E-state index in [9.17, 15) is 0 Å². The van der Waals surface area contributed by atoms with Gasteiger partial charge in [-0.1, -0.05) is 47.5 Å². The molecule has 3 rings (SSSR count). The summed E-state index contributed by atoms with van der Waals surface area (Å²) in [7, 11) is 1.87. The summed E-state index contributed by atoms with van der Waals surface area (Å²) in [5, 5.41) is 5.40. The average Bonchev–Trinajstić information content (AvgIpc) is 2.50. The van der Waals surface area contributed by atoms with Crippen molar-refractivity contribution in [3.05, 3.63) is 70.1 Å².